The van der Waals surface area contributed by atoms with Gasteiger partial charge in [-0.1, -0.05) is 0 Å². The third kappa shape index (κ3) is 2.80. The summed E-state index contributed by atoms with van der Waals surface area (Å²) in [5, 5.41) is 12.0. The maximum absolute atomic E-state index is 11.5. The number of nitrogen functional groups attached to an aromatic ring is 1. The van der Waals surface area contributed by atoms with Crippen molar-refractivity contribution < 1.29 is 14.6 Å². The second-order valence-corrected chi connectivity index (χ2v) is 3.42. The minimum absolute atomic E-state index is 0.0277. The molecule has 7 heteroatoms. The van der Waals surface area contributed by atoms with Crippen molar-refractivity contribution in [2.75, 3.05) is 30.8 Å². The summed E-state index contributed by atoms with van der Waals surface area (Å²) in [4.78, 5) is 11.5. The second-order valence-electron chi connectivity index (χ2n) is 2.64. The molecule has 0 fully saturated rings. The summed E-state index contributed by atoms with van der Waals surface area (Å²) in [6.45, 7) is 2.32. The smallest absolute Gasteiger partial charge is 0.344 e. The van der Waals surface area contributed by atoms with Crippen LogP contribution in [0.4, 0.5) is 10.8 Å². The van der Waals surface area contributed by atoms with Gasteiger partial charge in [0.25, 0.3) is 0 Å². The molecule has 84 valence electrons. The van der Waals surface area contributed by atoms with Crippen molar-refractivity contribution in [3.63, 3.8) is 0 Å². The molecule has 0 saturated carbocycles. The highest BCUT2D eigenvalue weighted by Crippen LogP contribution is 2.27. The molecule has 0 saturated heterocycles. The van der Waals surface area contributed by atoms with Gasteiger partial charge in [-0.05, 0) is 18.5 Å². The normalized spacial score (nSPS) is 10.0. The summed E-state index contributed by atoms with van der Waals surface area (Å²) in [5.41, 5.74) is 5.79. The van der Waals surface area contributed by atoms with Crippen LogP contribution in [-0.4, -0.2) is 35.2 Å². The van der Waals surface area contributed by atoms with Crippen molar-refractivity contribution in [1.29, 1.82) is 0 Å². The van der Waals surface area contributed by atoms with Crippen LogP contribution in [0.5, 0.6) is 0 Å². The Balaban J connectivity index is 2.83. The van der Waals surface area contributed by atoms with E-state index in [1.165, 1.54) is 0 Å². The number of anilines is 2. The average Bonchev–Trinajstić information content (AvgIpc) is 2.57. The monoisotopic (exact) mass is 231 g/mol. The number of esters is 1. The van der Waals surface area contributed by atoms with Crippen LogP contribution in [0.25, 0.3) is 0 Å². The van der Waals surface area contributed by atoms with E-state index in [4.69, 9.17) is 15.6 Å². The zero-order valence-electron chi connectivity index (χ0n) is 8.32. The summed E-state index contributed by atoms with van der Waals surface area (Å²) >= 11 is 1.07. The summed E-state index contributed by atoms with van der Waals surface area (Å²) in [5.74, 6) is -0.344. The lowest BCUT2D eigenvalue weighted by molar-refractivity contribution is 0.0529. The Labute approximate surface area is 91.2 Å². The number of aliphatic hydroxyl groups is 1. The number of nitrogens with two attached hydrogens (primary N) is 1. The lowest BCUT2D eigenvalue weighted by atomic mass is 10.3. The highest BCUT2D eigenvalue weighted by molar-refractivity contribution is 7.11. The zero-order valence-corrected chi connectivity index (χ0v) is 9.13. The fraction of sp³-hybridized carbons (Fsp3) is 0.500. The van der Waals surface area contributed by atoms with E-state index in [2.05, 4.69) is 9.69 Å². The van der Waals surface area contributed by atoms with Crippen molar-refractivity contribution in [1.82, 2.24) is 4.37 Å². The van der Waals surface area contributed by atoms with Crippen LogP contribution in [0.15, 0.2) is 0 Å². The number of rotatable bonds is 5. The van der Waals surface area contributed by atoms with Crippen LogP contribution in [0.1, 0.15) is 17.3 Å². The van der Waals surface area contributed by atoms with Crippen molar-refractivity contribution in [2.24, 2.45) is 0 Å². The van der Waals surface area contributed by atoms with E-state index in [9.17, 15) is 4.79 Å². The Kier molecular flexibility index (Phi) is 4.32. The van der Waals surface area contributed by atoms with Crippen LogP contribution in [0.2, 0.25) is 0 Å². The van der Waals surface area contributed by atoms with Crippen molar-refractivity contribution in [3.8, 4) is 0 Å². The molecule has 6 nitrogen and oxygen atoms in total. The van der Waals surface area contributed by atoms with E-state index in [-0.39, 0.29) is 24.6 Å². The van der Waals surface area contributed by atoms with Crippen LogP contribution < -0.4 is 11.1 Å². The first-order chi connectivity index (χ1) is 7.20. The highest BCUT2D eigenvalue weighted by Gasteiger charge is 2.19. The Bertz CT molecular complexity index is 340. The van der Waals surface area contributed by atoms with E-state index in [0.717, 1.165) is 11.5 Å². The number of nitrogens with zero attached hydrogens (tertiary/aromatic N) is 1. The molecular weight excluding hydrogens is 218 g/mol. The summed E-state index contributed by atoms with van der Waals surface area (Å²) in [6, 6.07) is 0. The van der Waals surface area contributed by atoms with Crippen LogP contribution >= 0.6 is 11.5 Å². The van der Waals surface area contributed by atoms with Gasteiger partial charge in [0.05, 0.1) is 13.2 Å². The van der Waals surface area contributed by atoms with Gasteiger partial charge in [-0.15, -0.1) is 0 Å². The van der Waals surface area contributed by atoms with E-state index in [1.54, 1.807) is 6.92 Å². The van der Waals surface area contributed by atoms with Gasteiger partial charge < -0.3 is 20.9 Å². The first kappa shape index (κ1) is 11.7. The minimum atomic E-state index is -0.496. The van der Waals surface area contributed by atoms with Crippen molar-refractivity contribution in [3.05, 3.63) is 5.56 Å². The summed E-state index contributed by atoms with van der Waals surface area (Å²) in [7, 11) is 0. The zero-order chi connectivity index (χ0) is 11.3. The number of nitrogens with one attached hydrogen (secondary N) is 1. The number of aromatic nitrogens is 1. The van der Waals surface area contributed by atoms with Gasteiger partial charge in [-0.25, -0.2) is 4.79 Å². The molecule has 0 bridgehead atoms. The lowest BCUT2D eigenvalue weighted by Crippen LogP contribution is -2.11. The topological polar surface area (TPSA) is 97.5 Å². The number of carbonyl (C=O) groups is 1. The molecule has 0 aliphatic heterocycles. The molecule has 0 aliphatic rings. The molecule has 1 rings (SSSR count). The van der Waals surface area contributed by atoms with Gasteiger partial charge >= 0.3 is 5.97 Å². The molecule has 0 aromatic carbocycles. The molecule has 0 spiro atoms. The molecule has 0 unspecified atom stereocenters. The lowest BCUT2D eigenvalue weighted by Gasteiger charge is -2.04. The molecule has 0 amide bonds. The minimum Gasteiger partial charge on any atom is -0.462 e. The predicted molar refractivity (Wildman–Crippen MR) is 58.1 cm³/mol. The van der Waals surface area contributed by atoms with Gasteiger partial charge in [-0.2, -0.15) is 4.37 Å². The Morgan fingerprint density at radius 1 is 1.73 bits per heavy atom. The molecule has 0 aliphatic carbocycles. The Hall–Kier alpha value is -1.34. The summed E-state index contributed by atoms with van der Waals surface area (Å²) in [6.07, 6.45) is 0. The standard InChI is InChI=1S/C8H13N3O3S/c1-2-14-8(13)5-6(9)11-15-7(5)10-3-4-12/h10,12H,2-4H2,1H3,(H2,9,11). The maximum Gasteiger partial charge on any atom is 0.344 e. The fourth-order valence-electron chi connectivity index (χ4n) is 0.993. The number of aliphatic hydroxyl groups excluding tert-OH is 1. The molecule has 15 heavy (non-hydrogen) atoms. The Morgan fingerprint density at radius 3 is 3.07 bits per heavy atom. The number of hydrogen-bond acceptors (Lipinski definition) is 7. The summed E-state index contributed by atoms with van der Waals surface area (Å²) < 4.78 is 8.68. The van der Waals surface area contributed by atoms with Gasteiger partial charge in [0.2, 0.25) is 0 Å². The van der Waals surface area contributed by atoms with E-state index in [0.29, 0.717) is 11.5 Å². The van der Waals surface area contributed by atoms with Gasteiger partial charge in [-0.3, -0.25) is 0 Å². The van der Waals surface area contributed by atoms with Crippen molar-refractivity contribution in [2.45, 2.75) is 6.92 Å². The molecule has 0 atom stereocenters. The molecule has 1 aromatic rings. The highest BCUT2D eigenvalue weighted by atomic mass is 32.1. The number of carbonyl (C=O) groups excluding carboxylic acids is 1. The third-order valence-electron chi connectivity index (χ3n) is 1.60. The van der Waals surface area contributed by atoms with Crippen LogP contribution in [-0.2, 0) is 4.74 Å². The number of ether oxygens (including phenoxy) is 1. The maximum atomic E-state index is 11.5. The Morgan fingerprint density at radius 2 is 2.47 bits per heavy atom. The predicted octanol–water partition coefficient (Wildman–Crippen LogP) is 0.306. The molecule has 0 radical (unpaired) electrons. The first-order valence-electron chi connectivity index (χ1n) is 4.47. The van der Waals surface area contributed by atoms with Gasteiger partial charge in [0.15, 0.2) is 5.82 Å². The largest absolute Gasteiger partial charge is 0.462 e. The molecular formula is C8H13N3O3S. The van der Waals surface area contributed by atoms with E-state index in [1.807, 2.05) is 0 Å². The van der Waals surface area contributed by atoms with Gasteiger partial charge in [0.1, 0.15) is 10.6 Å². The van der Waals surface area contributed by atoms with Crippen LogP contribution in [0.3, 0.4) is 0 Å². The average molecular weight is 231 g/mol. The molecule has 1 heterocycles. The SMILES string of the molecule is CCOC(=O)c1c(N)nsc1NCCO. The third-order valence-corrected chi connectivity index (χ3v) is 2.41. The molecule has 4 N–H and O–H groups in total. The van der Waals surface area contributed by atoms with Crippen molar-refractivity contribution >= 4 is 28.3 Å². The molecule has 1 aromatic heterocycles. The fourth-order valence-corrected chi connectivity index (χ4v) is 1.72. The van der Waals surface area contributed by atoms with E-state index >= 15 is 0 Å². The van der Waals surface area contributed by atoms with Crippen LogP contribution in [0, 0.1) is 0 Å². The quantitative estimate of drug-likeness (QED) is 0.631. The first-order valence-corrected chi connectivity index (χ1v) is 5.25. The van der Waals surface area contributed by atoms with E-state index < -0.39 is 5.97 Å². The van der Waals surface area contributed by atoms with Gasteiger partial charge in [0, 0.05) is 6.54 Å². The number of hydrogen-bond donors (Lipinski definition) is 3. The second kappa shape index (κ2) is 5.52.